The molecule has 1 N–H and O–H groups in total. The van der Waals surface area contributed by atoms with Crippen molar-refractivity contribution >= 4 is 18.3 Å². The van der Waals surface area contributed by atoms with Crippen molar-refractivity contribution in [1.82, 2.24) is 20.0 Å². The summed E-state index contributed by atoms with van der Waals surface area (Å²) in [6.45, 7) is 4.95. The van der Waals surface area contributed by atoms with E-state index in [4.69, 9.17) is 0 Å². The molecule has 1 aromatic rings. The first kappa shape index (κ1) is 16.0. The number of aryl methyl sites for hydroxylation is 1. The highest BCUT2D eigenvalue weighted by molar-refractivity contribution is 5.92. The molecule has 6 heteroatoms. The van der Waals surface area contributed by atoms with Crippen LogP contribution in [0.5, 0.6) is 0 Å². The monoisotopic (exact) mass is 286 g/mol. The molecule has 19 heavy (non-hydrogen) atoms. The van der Waals surface area contributed by atoms with Gasteiger partial charge in [0.15, 0.2) is 0 Å². The summed E-state index contributed by atoms with van der Waals surface area (Å²) >= 11 is 0. The minimum Gasteiger partial charge on any atom is -0.334 e. The van der Waals surface area contributed by atoms with Gasteiger partial charge in [0.25, 0.3) is 5.91 Å². The average molecular weight is 287 g/mol. The number of nitrogens with one attached hydrogen (secondary N) is 1. The second-order valence-electron chi connectivity index (χ2n) is 4.82. The van der Waals surface area contributed by atoms with E-state index in [9.17, 15) is 4.79 Å². The molecule has 0 radical (unpaired) electrons. The Morgan fingerprint density at radius 2 is 2.21 bits per heavy atom. The number of hydrogen-bond acceptors (Lipinski definition) is 3. The lowest BCUT2D eigenvalue weighted by atomic mass is 10.0. The molecule has 0 saturated carbocycles. The third-order valence-corrected chi connectivity index (χ3v) is 3.51. The minimum atomic E-state index is 0. The van der Waals surface area contributed by atoms with Crippen LogP contribution in [0.25, 0.3) is 0 Å². The van der Waals surface area contributed by atoms with E-state index in [1.165, 1.54) is 0 Å². The number of hydrogen-bond donors (Lipinski definition) is 1. The number of aromatic nitrogens is 2. The van der Waals surface area contributed by atoms with Gasteiger partial charge in [-0.1, -0.05) is 6.92 Å². The largest absolute Gasteiger partial charge is 0.334 e. The summed E-state index contributed by atoms with van der Waals surface area (Å²) in [4.78, 5) is 14.6. The molecule has 1 amide bonds. The molecule has 5 nitrogen and oxygen atoms in total. The number of amides is 1. The topological polar surface area (TPSA) is 50.2 Å². The number of carbonyl (C=O) groups is 1. The second-order valence-corrected chi connectivity index (χ2v) is 4.82. The summed E-state index contributed by atoms with van der Waals surface area (Å²) in [7, 11) is 1.82. The van der Waals surface area contributed by atoms with Gasteiger partial charge in [0.05, 0.1) is 0 Å². The zero-order valence-corrected chi connectivity index (χ0v) is 12.4. The maximum absolute atomic E-state index is 12.6. The summed E-state index contributed by atoms with van der Waals surface area (Å²) in [5, 5.41) is 7.42. The lowest BCUT2D eigenvalue weighted by Gasteiger charge is -2.34. The zero-order chi connectivity index (χ0) is 13.0. The molecule has 1 aromatic heterocycles. The summed E-state index contributed by atoms with van der Waals surface area (Å²) in [5.41, 5.74) is 0.682. The second kappa shape index (κ2) is 7.50. The fraction of sp³-hybridized carbons (Fsp3) is 0.692. The molecule has 0 aromatic carbocycles. The normalized spacial score (nSPS) is 15.9. The number of piperidine rings is 1. The molecule has 1 aliphatic rings. The van der Waals surface area contributed by atoms with E-state index in [0.29, 0.717) is 11.7 Å². The molecule has 0 atom stereocenters. The highest BCUT2D eigenvalue weighted by Gasteiger charge is 2.26. The standard InChI is InChI=1S/C13H22N4O.ClH/c1-3-10-17(11-4-7-14-8-5-11)13(18)12-6-9-15-16(12)2;/h6,9,11,14H,3-5,7-8,10H2,1-2H3;1H. The van der Waals surface area contributed by atoms with Crippen molar-refractivity contribution in [3.63, 3.8) is 0 Å². The average Bonchev–Trinajstić information content (AvgIpc) is 2.82. The SMILES string of the molecule is CCCN(C(=O)c1ccnn1C)C1CCNCC1.Cl. The Bertz CT molecular complexity index is 401. The van der Waals surface area contributed by atoms with Crippen LogP contribution in [0.1, 0.15) is 36.7 Å². The molecule has 1 saturated heterocycles. The first-order valence-electron chi connectivity index (χ1n) is 6.73. The van der Waals surface area contributed by atoms with E-state index >= 15 is 0 Å². The van der Waals surface area contributed by atoms with Crippen molar-refractivity contribution in [2.24, 2.45) is 7.05 Å². The number of carbonyl (C=O) groups excluding carboxylic acids is 1. The Morgan fingerprint density at radius 1 is 1.53 bits per heavy atom. The summed E-state index contributed by atoms with van der Waals surface area (Å²) in [6.07, 6.45) is 4.76. The molecule has 108 valence electrons. The van der Waals surface area contributed by atoms with Gasteiger partial charge >= 0.3 is 0 Å². The van der Waals surface area contributed by atoms with Crippen molar-refractivity contribution < 1.29 is 4.79 Å². The van der Waals surface area contributed by atoms with Crippen molar-refractivity contribution in [3.05, 3.63) is 18.0 Å². The predicted molar refractivity (Wildman–Crippen MR) is 77.7 cm³/mol. The van der Waals surface area contributed by atoms with Crippen LogP contribution in [0.3, 0.4) is 0 Å². The molecule has 0 unspecified atom stereocenters. The van der Waals surface area contributed by atoms with Crippen LogP contribution in [-0.2, 0) is 7.05 Å². The van der Waals surface area contributed by atoms with E-state index in [-0.39, 0.29) is 18.3 Å². The van der Waals surface area contributed by atoms with Crippen LogP contribution in [0, 0.1) is 0 Å². The Hall–Kier alpha value is -1.07. The fourth-order valence-electron chi connectivity index (χ4n) is 2.54. The van der Waals surface area contributed by atoms with Crippen molar-refractivity contribution in [2.45, 2.75) is 32.2 Å². The first-order chi connectivity index (χ1) is 8.74. The van der Waals surface area contributed by atoms with E-state index < -0.39 is 0 Å². The molecular formula is C13H23ClN4O. The van der Waals surface area contributed by atoms with Gasteiger partial charge in [-0.3, -0.25) is 9.48 Å². The zero-order valence-electron chi connectivity index (χ0n) is 11.6. The molecule has 1 fully saturated rings. The molecule has 0 aliphatic carbocycles. The Kier molecular flexibility index (Phi) is 6.31. The molecule has 0 bridgehead atoms. The third kappa shape index (κ3) is 3.70. The number of rotatable bonds is 4. The van der Waals surface area contributed by atoms with Crippen LogP contribution in [0.15, 0.2) is 12.3 Å². The number of halogens is 1. The maximum atomic E-state index is 12.6. The van der Waals surface area contributed by atoms with Gasteiger partial charge in [-0.25, -0.2) is 0 Å². The van der Waals surface area contributed by atoms with Crippen molar-refractivity contribution in [2.75, 3.05) is 19.6 Å². The molecule has 0 spiro atoms. The highest BCUT2D eigenvalue weighted by atomic mass is 35.5. The van der Waals surface area contributed by atoms with Crippen LogP contribution in [-0.4, -0.2) is 46.3 Å². The predicted octanol–water partition coefficient (Wildman–Crippen LogP) is 1.45. The van der Waals surface area contributed by atoms with Crippen LogP contribution in [0.4, 0.5) is 0 Å². The van der Waals surface area contributed by atoms with Gasteiger partial charge in [-0.05, 0) is 38.4 Å². The van der Waals surface area contributed by atoms with Crippen molar-refractivity contribution in [1.29, 1.82) is 0 Å². The van der Waals surface area contributed by atoms with Crippen LogP contribution in [0.2, 0.25) is 0 Å². The van der Waals surface area contributed by atoms with Gasteiger partial charge in [0.1, 0.15) is 5.69 Å². The van der Waals surface area contributed by atoms with Crippen LogP contribution >= 0.6 is 12.4 Å². The lowest BCUT2D eigenvalue weighted by molar-refractivity contribution is 0.0631. The van der Waals surface area contributed by atoms with Gasteiger partial charge in [0, 0.05) is 25.8 Å². The minimum absolute atomic E-state index is 0. The highest BCUT2D eigenvalue weighted by Crippen LogP contribution is 2.15. The molecule has 2 heterocycles. The Balaban J connectivity index is 0.00000180. The van der Waals surface area contributed by atoms with Gasteiger partial charge in [-0.15, -0.1) is 12.4 Å². The lowest BCUT2D eigenvalue weighted by Crippen LogP contribution is -2.46. The van der Waals surface area contributed by atoms with E-state index in [0.717, 1.165) is 38.9 Å². The van der Waals surface area contributed by atoms with Gasteiger partial charge in [-0.2, -0.15) is 5.10 Å². The quantitative estimate of drug-likeness (QED) is 0.911. The Labute approximate surface area is 120 Å². The summed E-state index contributed by atoms with van der Waals surface area (Å²) in [5.74, 6) is 0.115. The van der Waals surface area contributed by atoms with Gasteiger partial charge in [0.2, 0.25) is 0 Å². The van der Waals surface area contributed by atoms with E-state index in [1.54, 1.807) is 16.9 Å². The van der Waals surface area contributed by atoms with Crippen LogP contribution < -0.4 is 5.32 Å². The molecule has 2 rings (SSSR count). The smallest absolute Gasteiger partial charge is 0.272 e. The molecular weight excluding hydrogens is 264 g/mol. The van der Waals surface area contributed by atoms with Gasteiger partial charge < -0.3 is 10.2 Å². The molecule has 1 aliphatic heterocycles. The van der Waals surface area contributed by atoms with E-state index in [2.05, 4.69) is 17.3 Å². The fourth-order valence-corrected chi connectivity index (χ4v) is 2.54. The maximum Gasteiger partial charge on any atom is 0.272 e. The van der Waals surface area contributed by atoms with Crippen molar-refractivity contribution in [3.8, 4) is 0 Å². The summed E-state index contributed by atoms with van der Waals surface area (Å²) in [6, 6.07) is 2.17. The number of nitrogens with zero attached hydrogens (tertiary/aromatic N) is 3. The first-order valence-corrected chi connectivity index (χ1v) is 6.73. The summed E-state index contributed by atoms with van der Waals surface area (Å²) < 4.78 is 1.66. The van der Waals surface area contributed by atoms with E-state index in [1.807, 2.05) is 11.9 Å². The Morgan fingerprint density at radius 3 is 2.74 bits per heavy atom. The third-order valence-electron chi connectivity index (χ3n) is 3.51.